The van der Waals surface area contributed by atoms with E-state index in [2.05, 4.69) is 31.4 Å². The van der Waals surface area contributed by atoms with Gasteiger partial charge in [0, 0.05) is 17.4 Å². The van der Waals surface area contributed by atoms with Crippen LogP contribution in [0.2, 0.25) is 0 Å². The Morgan fingerprint density at radius 1 is 1.29 bits per heavy atom. The number of thioether (sulfide) groups is 1. The van der Waals surface area contributed by atoms with Crippen molar-refractivity contribution in [3.8, 4) is 0 Å². The summed E-state index contributed by atoms with van der Waals surface area (Å²) in [5, 5.41) is 12.4. The van der Waals surface area contributed by atoms with E-state index in [0.29, 0.717) is 11.7 Å². The number of carbonyl (C=O) groups excluding carboxylic acids is 1. The van der Waals surface area contributed by atoms with Crippen molar-refractivity contribution in [2.75, 3.05) is 11.1 Å². The van der Waals surface area contributed by atoms with Crippen molar-refractivity contribution in [2.24, 2.45) is 7.05 Å². The number of carbonyl (C=O) groups is 1. The SMILES string of the molecule is Cn1c(SCC(=O)Nc2ccccc2Br)nnc1C1CCCCC1. The van der Waals surface area contributed by atoms with Gasteiger partial charge in [0.25, 0.3) is 0 Å². The lowest BCUT2D eigenvalue weighted by Gasteiger charge is -2.20. The molecule has 1 aromatic heterocycles. The minimum absolute atomic E-state index is 0.0471. The first-order chi connectivity index (χ1) is 11.6. The second kappa shape index (κ2) is 8.16. The first kappa shape index (κ1) is 17.5. The summed E-state index contributed by atoms with van der Waals surface area (Å²) in [6.07, 6.45) is 6.26. The summed E-state index contributed by atoms with van der Waals surface area (Å²) < 4.78 is 2.92. The molecule has 1 saturated carbocycles. The lowest BCUT2D eigenvalue weighted by molar-refractivity contribution is -0.113. The van der Waals surface area contributed by atoms with Crippen LogP contribution >= 0.6 is 27.7 Å². The van der Waals surface area contributed by atoms with Gasteiger partial charge in [0.05, 0.1) is 11.4 Å². The average Bonchev–Trinajstić information content (AvgIpc) is 2.97. The van der Waals surface area contributed by atoms with Crippen LogP contribution in [-0.4, -0.2) is 26.4 Å². The van der Waals surface area contributed by atoms with Crippen LogP contribution < -0.4 is 5.32 Å². The van der Waals surface area contributed by atoms with Gasteiger partial charge in [0.15, 0.2) is 5.16 Å². The molecule has 0 radical (unpaired) electrons. The molecule has 1 aromatic carbocycles. The molecule has 0 bridgehead atoms. The fourth-order valence-corrected chi connectivity index (χ4v) is 4.15. The van der Waals surface area contributed by atoms with Crippen LogP contribution in [0.15, 0.2) is 33.9 Å². The van der Waals surface area contributed by atoms with E-state index >= 15 is 0 Å². The largest absolute Gasteiger partial charge is 0.324 e. The van der Waals surface area contributed by atoms with E-state index in [9.17, 15) is 4.79 Å². The number of aromatic nitrogens is 3. The molecule has 1 N–H and O–H groups in total. The van der Waals surface area contributed by atoms with Crippen LogP contribution in [0.3, 0.4) is 0 Å². The molecule has 0 saturated heterocycles. The highest BCUT2D eigenvalue weighted by molar-refractivity contribution is 9.10. The number of benzene rings is 1. The Morgan fingerprint density at radius 2 is 2.04 bits per heavy atom. The van der Waals surface area contributed by atoms with E-state index in [1.165, 1.54) is 43.9 Å². The summed E-state index contributed by atoms with van der Waals surface area (Å²) in [5.41, 5.74) is 0.781. The molecule has 0 aliphatic heterocycles. The lowest BCUT2D eigenvalue weighted by Crippen LogP contribution is -2.15. The Balaban J connectivity index is 1.57. The van der Waals surface area contributed by atoms with Crippen molar-refractivity contribution in [3.63, 3.8) is 0 Å². The van der Waals surface area contributed by atoms with Gasteiger partial charge in [-0.25, -0.2) is 0 Å². The average molecular weight is 409 g/mol. The number of rotatable bonds is 5. The highest BCUT2D eigenvalue weighted by Crippen LogP contribution is 2.32. The summed E-state index contributed by atoms with van der Waals surface area (Å²) in [5.74, 6) is 1.84. The van der Waals surface area contributed by atoms with Crippen LogP contribution in [0.25, 0.3) is 0 Å². The van der Waals surface area contributed by atoms with Crippen molar-refractivity contribution in [1.29, 1.82) is 0 Å². The highest BCUT2D eigenvalue weighted by Gasteiger charge is 2.22. The molecule has 0 unspecified atom stereocenters. The molecule has 0 atom stereocenters. The molecule has 0 spiro atoms. The topological polar surface area (TPSA) is 59.8 Å². The molecule has 1 aliphatic rings. The van der Waals surface area contributed by atoms with Gasteiger partial charge in [-0.3, -0.25) is 4.79 Å². The monoisotopic (exact) mass is 408 g/mol. The summed E-state index contributed by atoms with van der Waals surface area (Å²) in [7, 11) is 2.00. The van der Waals surface area contributed by atoms with E-state index < -0.39 is 0 Å². The Labute approximate surface area is 154 Å². The third kappa shape index (κ3) is 4.19. The summed E-state index contributed by atoms with van der Waals surface area (Å²) in [4.78, 5) is 12.1. The van der Waals surface area contributed by atoms with Gasteiger partial charge in [-0.15, -0.1) is 10.2 Å². The second-order valence-electron chi connectivity index (χ2n) is 6.05. The fourth-order valence-electron chi connectivity index (χ4n) is 3.05. The van der Waals surface area contributed by atoms with Crippen LogP contribution in [0.1, 0.15) is 43.8 Å². The van der Waals surface area contributed by atoms with E-state index in [0.717, 1.165) is 21.1 Å². The number of hydrogen-bond donors (Lipinski definition) is 1. The third-order valence-corrected chi connectivity index (χ3v) is 6.03. The van der Waals surface area contributed by atoms with E-state index in [-0.39, 0.29) is 5.91 Å². The molecule has 1 heterocycles. The third-order valence-electron chi connectivity index (χ3n) is 4.32. The smallest absolute Gasteiger partial charge is 0.234 e. The normalized spacial score (nSPS) is 15.4. The maximum absolute atomic E-state index is 12.1. The maximum atomic E-state index is 12.1. The van der Waals surface area contributed by atoms with Crippen molar-refractivity contribution in [1.82, 2.24) is 14.8 Å². The van der Waals surface area contributed by atoms with Crippen LogP contribution in [0.5, 0.6) is 0 Å². The maximum Gasteiger partial charge on any atom is 0.234 e. The predicted octanol–water partition coefficient (Wildman–Crippen LogP) is 4.36. The standard InChI is InChI=1S/C17H21BrN4OS/c1-22-16(12-7-3-2-4-8-12)20-21-17(22)24-11-15(23)19-14-10-6-5-9-13(14)18/h5-6,9-10,12H,2-4,7-8,11H2,1H3,(H,19,23). The van der Waals surface area contributed by atoms with Gasteiger partial charge in [-0.05, 0) is 40.9 Å². The van der Waals surface area contributed by atoms with Crippen molar-refractivity contribution in [2.45, 2.75) is 43.2 Å². The van der Waals surface area contributed by atoms with Gasteiger partial charge >= 0.3 is 0 Å². The Hall–Kier alpha value is -1.34. The molecule has 24 heavy (non-hydrogen) atoms. The predicted molar refractivity (Wildman–Crippen MR) is 100 cm³/mol. The van der Waals surface area contributed by atoms with E-state index in [4.69, 9.17) is 0 Å². The number of amides is 1. The van der Waals surface area contributed by atoms with E-state index in [1.807, 2.05) is 35.9 Å². The van der Waals surface area contributed by atoms with Gasteiger partial charge < -0.3 is 9.88 Å². The Morgan fingerprint density at radius 3 is 2.79 bits per heavy atom. The molecule has 7 heteroatoms. The van der Waals surface area contributed by atoms with Crippen LogP contribution in [-0.2, 0) is 11.8 Å². The summed E-state index contributed by atoms with van der Waals surface area (Å²) in [6, 6.07) is 7.59. The molecule has 1 fully saturated rings. The zero-order valence-electron chi connectivity index (χ0n) is 13.7. The molecule has 3 rings (SSSR count). The molecular weight excluding hydrogens is 388 g/mol. The summed E-state index contributed by atoms with van der Waals surface area (Å²) in [6.45, 7) is 0. The van der Waals surface area contributed by atoms with Gasteiger partial charge in [-0.2, -0.15) is 0 Å². The number of para-hydroxylation sites is 1. The molecule has 128 valence electrons. The van der Waals surface area contributed by atoms with Crippen LogP contribution in [0, 0.1) is 0 Å². The molecule has 5 nitrogen and oxygen atoms in total. The van der Waals surface area contributed by atoms with Crippen molar-refractivity contribution >= 4 is 39.3 Å². The molecule has 1 aliphatic carbocycles. The lowest BCUT2D eigenvalue weighted by atomic mass is 9.89. The molecule has 2 aromatic rings. The van der Waals surface area contributed by atoms with Crippen molar-refractivity contribution in [3.05, 3.63) is 34.6 Å². The molecule has 1 amide bonds. The number of anilines is 1. The number of nitrogens with one attached hydrogen (secondary N) is 1. The highest BCUT2D eigenvalue weighted by atomic mass is 79.9. The van der Waals surface area contributed by atoms with Crippen molar-refractivity contribution < 1.29 is 4.79 Å². The van der Waals surface area contributed by atoms with Crippen LogP contribution in [0.4, 0.5) is 5.69 Å². The number of halogens is 1. The van der Waals surface area contributed by atoms with Gasteiger partial charge in [0.2, 0.25) is 5.91 Å². The quantitative estimate of drug-likeness (QED) is 0.746. The first-order valence-electron chi connectivity index (χ1n) is 8.21. The minimum Gasteiger partial charge on any atom is -0.324 e. The summed E-state index contributed by atoms with van der Waals surface area (Å²) >= 11 is 4.86. The zero-order valence-corrected chi connectivity index (χ0v) is 16.1. The van der Waals surface area contributed by atoms with Gasteiger partial charge in [-0.1, -0.05) is 43.2 Å². The Kier molecular flexibility index (Phi) is 5.94. The number of hydrogen-bond acceptors (Lipinski definition) is 4. The number of nitrogens with zero attached hydrogens (tertiary/aromatic N) is 3. The Bertz CT molecular complexity index is 712. The first-order valence-corrected chi connectivity index (χ1v) is 9.99. The van der Waals surface area contributed by atoms with E-state index in [1.54, 1.807) is 0 Å². The fraction of sp³-hybridized carbons (Fsp3) is 0.471. The molecular formula is C17H21BrN4OS. The minimum atomic E-state index is -0.0471. The second-order valence-corrected chi connectivity index (χ2v) is 7.85. The van der Waals surface area contributed by atoms with Gasteiger partial charge in [0.1, 0.15) is 5.82 Å². The zero-order chi connectivity index (χ0) is 16.9.